The van der Waals surface area contributed by atoms with Gasteiger partial charge in [0.15, 0.2) is 0 Å². The van der Waals surface area contributed by atoms with E-state index in [1.54, 1.807) is 36.7 Å². The smallest absolute Gasteiger partial charge is 0.261 e. The van der Waals surface area contributed by atoms with Gasteiger partial charge in [-0.2, -0.15) is 0 Å². The van der Waals surface area contributed by atoms with Crippen LogP contribution in [0.25, 0.3) is 0 Å². The molecule has 1 N–H and O–H groups in total. The SMILES string of the molecule is CSc1ccc(S(=O)(=O)Nc2ccc(Cc3ccncc3)cc2)cc1C(=O)N1CCC(C)CC1. The van der Waals surface area contributed by atoms with Crippen molar-refractivity contribution < 1.29 is 13.2 Å². The Balaban J connectivity index is 1.51. The Bertz CT molecular complexity index is 1240. The van der Waals surface area contributed by atoms with Crippen molar-refractivity contribution >= 4 is 33.4 Å². The Kier molecular flexibility index (Phi) is 7.58. The number of piperidine rings is 1. The van der Waals surface area contributed by atoms with Gasteiger partial charge in [0.25, 0.3) is 15.9 Å². The van der Waals surface area contributed by atoms with Crippen LogP contribution in [0.5, 0.6) is 0 Å². The number of thioether (sulfide) groups is 1. The van der Waals surface area contributed by atoms with Gasteiger partial charge in [0.1, 0.15) is 0 Å². The third-order valence-electron chi connectivity index (χ3n) is 6.15. The molecule has 0 atom stereocenters. The van der Waals surface area contributed by atoms with Crippen molar-refractivity contribution in [3.05, 3.63) is 83.7 Å². The van der Waals surface area contributed by atoms with Crippen molar-refractivity contribution in [3.8, 4) is 0 Å². The molecule has 1 aliphatic heterocycles. The summed E-state index contributed by atoms with van der Waals surface area (Å²) >= 11 is 1.45. The predicted molar refractivity (Wildman–Crippen MR) is 137 cm³/mol. The molecular weight excluding hydrogens is 466 g/mol. The number of likely N-dealkylation sites (tertiary alicyclic amines) is 1. The van der Waals surface area contributed by atoms with Gasteiger partial charge in [0.05, 0.1) is 10.5 Å². The first-order valence-electron chi connectivity index (χ1n) is 11.3. The van der Waals surface area contributed by atoms with E-state index in [0.717, 1.165) is 35.3 Å². The lowest BCUT2D eigenvalue weighted by Gasteiger charge is -2.30. The van der Waals surface area contributed by atoms with E-state index >= 15 is 0 Å². The maximum absolute atomic E-state index is 13.2. The molecule has 34 heavy (non-hydrogen) atoms. The number of sulfonamides is 1. The van der Waals surface area contributed by atoms with Crippen LogP contribution in [0, 0.1) is 5.92 Å². The molecular formula is C26H29N3O3S2. The number of rotatable bonds is 7. The van der Waals surface area contributed by atoms with Crippen LogP contribution in [0.3, 0.4) is 0 Å². The molecule has 2 heterocycles. The van der Waals surface area contributed by atoms with Gasteiger partial charge in [-0.25, -0.2) is 8.42 Å². The fourth-order valence-corrected chi connectivity index (χ4v) is 5.70. The molecule has 0 bridgehead atoms. The standard InChI is InChI=1S/C26H29N3O3S2/c1-19-11-15-29(16-12-19)26(30)24-18-23(7-8-25(24)33-2)34(31,32)28-22-5-3-20(4-6-22)17-21-9-13-27-14-10-21/h3-10,13-14,18-19,28H,11-12,15-17H2,1-2H3. The number of amides is 1. The first-order chi connectivity index (χ1) is 16.4. The molecule has 6 nitrogen and oxygen atoms in total. The van der Waals surface area contributed by atoms with E-state index in [1.807, 2.05) is 35.4 Å². The molecule has 4 rings (SSSR count). The Hall–Kier alpha value is -2.84. The minimum absolute atomic E-state index is 0.0832. The highest BCUT2D eigenvalue weighted by atomic mass is 32.2. The van der Waals surface area contributed by atoms with Crippen LogP contribution in [0.15, 0.2) is 76.8 Å². The van der Waals surface area contributed by atoms with Crippen molar-refractivity contribution in [3.63, 3.8) is 0 Å². The first kappa shape index (κ1) is 24.3. The first-order valence-corrected chi connectivity index (χ1v) is 14.0. The highest BCUT2D eigenvalue weighted by molar-refractivity contribution is 7.98. The molecule has 2 aromatic carbocycles. The molecule has 0 radical (unpaired) electrons. The largest absolute Gasteiger partial charge is 0.339 e. The minimum atomic E-state index is -3.84. The van der Waals surface area contributed by atoms with Gasteiger partial charge < -0.3 is 4.90 Å². The topological polar surface area (TPSA) is 79.4 Å². The van der Waals surface area contributed by atoms with E-state index in [2.05, 4.69) is 16.6 Å². The molecule has 0 spiro atoms. The van der Waals surface area contributed by atoms with Gasteiger partial charge >= 0.3 is 0 Å². The average molecular weight is 496 g/mol. The molecule has 1 aliphatic rings. The van der Waals surface area contributed by atoms with E-state index < -0.39 is 10.0 Å². The van der Waals surface area contributed by atoms with Crippen molar-refractivity contribution in [2.45, 2.75) is 36.0 Å². The van der Waals surface area contributed by atoms with E-state index in [9.17, 15) is 13.2 Å². The molecule has 1 saturated heterocycles. The second-order valence-electron chi connectivity index (χ2n) is 8.67. The number of hydrogen-bond acceptors (Lipinski definition) is 5. The van der Waals surface area contributed by atoms with E-state index in [1.165, 1.54) is 17.8 Å². The van der Waals surface area contributed by atoms with Crippen LogP contribution in [0.4, 0.5) is 5.69 Å². The van der Waals surface area contributed by atoms with Gasteiger partial charge in [0, 0.05) is 36.1 Å². The van der Waals surface area contributed by atoms with E-state index in [0.29, 0.717) is 30.3 Å². The third kappa shape index (κ3) is 5.80. The lowest BCUT2D eigenvalue weighted by molar-refractivity contribution is 0.0693. The summed E-state index contributed by atoms with van der Waals surface area (Å²) in [6, 6.07) is 16.0. The molecule has 8 heteroatoms. The lowest BCUT2D eigenvalue weighted by Crippen LogP contribution is -2.38. The second kappa shape index (κ2) is 10.6. The normalized spacial score (nSPS) is 14.7. The van der Waals surface area contributed by atoms with E-state index in [-0.39, 0.29) is 10.8 Å². The Morgan fingerprint density at radius 2 is 1.68 bits per heavy atom. The molecule has 1 amide bonds. The number of hydrogen-bond donors (Lipinski definition) is 1. The number of carbonyl (C=O) groups is 1. The van der Waals surface area contributed by atoms with Crippen LogP contribution in [0.2, 0.25) is 0 Å². The Labute approximate surface area is 205 Å². The zero-order chi connectivity index (χ0) is 24.1. The maximum atomic E-state index is 13.2. The molecule has 1 aromatic heterocycles. The summed E-state index contributed by atoms with van der Waals surface area (Å²) in [5, 5.41) is 0. The third-order valence-corrected chi connectivity index (χ3v) is 8.32. The van der Waals surface area contributed by atoms with Crippen LogP contribution in [-0.4, -0.2) is 43.6 Å². The van der Waals surface area contributed by atoms with Gasteiger partial charge in [-0.05, 0) is 85.0 Å². The summed E-state index contributed by atoms with van der Waals surface area (Å²) in [5.41, 5.74) is 3.13. The van der Waals surface area contributed by atoms with Crippen molar-refractivity contribution in [1.29, 1.82) is 0 Å². The average Bonchev–Trinajstić information content (AvgIpc) is 2.85. The molecule has 0 unspecified atom stereocenters. The van der Waals surface area contributed by atoms with Crippen molar-refractivity contribution in [1.82, 2.24) is 9.88 Å². The number of anilines is 1. The summed E-state index contributed by atoms with van der Waals surface area (Å²) in [4.78, 5) is 19.9. The highest BCUT2D eigenvalue weighted by Crippen LogP contribution is 2.28. The van der Waals surface area contributed by atoms with Gasteiger partial charge in [-0.1, -0.05) is 19.1 Å². The minimum Gasteiger partial charge on any atom is -0.339 e. The fraction of sp³-hybridized carbons (Fsp3) is 0.308. The molecule has 1 fully saturated rings. The predicted octanol–water partition coefficient (Wildman–Crippen LogP) is 5.07. The van der Waals surface area contributed by atoms with Crippen molar-refractivity contribution in [2.24, 2.45) is 5.92 Å². The summed E-state index contributed by atoms with van der Waals surface area (Å²) in [6.45, 7) is 3.60. The summed E-state index contributed by atoms with van der Waals surface area (Å²) < 4.78 is 28.9. The molecule has 0 aliphatic carbocycles. The van der Waals surface area contributed by atoms with E-state index in [4.69, 9.17) is 0 Å². The van der Waals surface area contributed by atoms with Crippen LogP contribution in [0.1, 0.15) is 41.3 Å². The quantitative estimate of drug-likeness (QED) is 0.463. The Morgan fingerprint density at radius 1 is 1.03 bits per heavy atom. The maximum Gasteiger partial charge on any atom is 0.261 e. The number of pyridine rings is 1. The number of aromatic nitrogens is 1. The van der Waals surface area contributed by atoms with Gasteiger partial charge in [-0.3, -0.25) is 14.5 Å². The summed E-state index contributed by atoms with van der Waals surface area (Å²) in [7, 11) is -3.84. The molecule has 178 valence electrons. The number of nitrogens with zero attached hydrogens (tertiary/aromatic N) is 2. The Morgan fingerprint density at radius 3 is 2.32 bits per heavy atom. The van der Waals surface area contributed by atoms with Crippen LogP contribution < -0.4 is 4.72 Å². The summed E-state index contributed by atoms with van der Waals surface area (Å²) in [5.74, 6) is 0.504. The van der Waals surface area contributed by atoms with Gasteiger partial charge in [0.2, 0.25) is 0 Å². The fourth-order valence-electron chi connectivity index (χ4n) is 4.04. The van der Waals surface area contributed by atoms with Crippen LogP contribution in [-0.2, 0) is 16.4 Å². The number of carbonyl (C=O) groups excluding carboxylic acids is 1. The lowest BCUT2D eigenvalue weighted by atomic mass is 9.98. The summed E-state index contributed by atoms with van der Waals surface area (Å²) in [6.07, 6.45) is 8.08. The zero-order valence-electron chi connectivity index (χ0n) is 19.4. The highest BCUT2D eigenvalue weighted by Gasteiger charge is 2.25. The van der Waals surface area contributed by atoms with Crippen molar-refractivity contribution in [2.75, 3.05) is 24.1 Å². The monoisotopic (exact) mass is 495 g/mol. The molecule has 0 saturated carbocycles. The number of benzene rings is 2. The van der Waals surface area contributed by atoms with Gasteiger partial charge in [-0.15, -0.1) is 11.8 Å². The molecule has 3 aromatic rings. The number of nitrogens with one attached hydrogen (secondary N) is 1. The zero-order valence-corrected chi connectivity index (χ0v) is 21.0. The second-order valence-corrected chi connectivity index (χ2v) is 11.2. The van der Waals surface area contributed by atoms with Crippen LogP contribution >= 0.6 is 11.8 Å².